The minimum absolute atomic E-state index is 0.108. The van der Waals surface area contributed by atoms with Crippen molar-refractivity contribution in [1.29, 1.82) is 0 Å². The summed E-state index contributed by atoms with van der Waals surface area (Å²) in [5, 5.41) is 0. The van der Waals surface area contributed by atoms with E-state index in [2.05, 4.69) is 4.74 Å². The minimum atomic E-state index is -2.74. The van der Waals surface area contributed by atoms with E-state index in [0.717, 1.165) is 16.7 Å². The topological polar surface area (TPSA) is 18.5 Å². The normalized spacial score (nSPS) is 11.8. The van der Waals surface area contributed by atoms with Crippen molar-refractivity contribution in [2.24, 2.45) is 0 Å². The smallest absolute Gasteiger partial charge is 0.345 e. The van der Waals surface area contributed by atoms with Gasteiger partial charge in [0.15, 0.2) is 0 Å². The zero-order valence-corrected chi connectivity index (χ0v) is 13.3. The van der Waals surface area contributed by atoms with Gasteiger partial charge >= 0.3 is 6.61 Å². The number of alkyl halides is 2. The first-order chi connectivity index (χ1) is 11.7. The molecule has 126 valence electrons. The lowest BCUT2D eigenvalue weighted by Crippen LogP contribution is -1.97. The van der Waals surface area contributed by atoms with E-state index in [4.69, 9.17) is 4.74 Å². The van der Waals surface area contributed by atoms with Gasteiger partial charge in [-0.3, -0.25) is 0 Å². The van der Waals surface area contributed by atoms with Gasteiger partial charge in [-0.15, -0.1) is 0 Å². The van der Waals surface area contributed by atoms with Crippen LogP contribution in [-0.4, -0.2) is 19.8 Å². The molecule has 0 fully saturated rings. The van der Waals surface area contributed by atoms with Gasteiger partial charge in [0.05, 0.1) is 19.8 Å². The molecule has 0 saturated heterocycles. The highest BCUT2D eigenvalue weighted by Crippen LogP contribution is 2.09. The Kier molecular flexibility index (Phi) is 7.87. The molecule has 0 aliphatic heterocycles. The maximum Gasteiger partial charge on any atom is 0.345 e. The average Bonchev–Trinajstić information content (AvgIpc) is 2.60. The molecule has 0 unspecified atom stereocenters. The fourth-order valence-corrected chi connectivity index (χ4v) is 2.09. The first kappa shape index (κ1) is 18.0. The molecule has 0 aliphatic rings. The van der Waals surface area contributed by atoms with Crippen molar-refractivity contribution in [3.05, 3.63) is 83.4 Å². The van der Waals surface area contributed by atoms with Crippen LogP contribution < -0.4 is 0 Å². The van der Waals surface area contributed by atoms with Crippen LogP contribution in [-0.2, 0) is 16.1 Å². The molecule has 0 saturated carbocycles. The van der Waals surface area contributed by atoms with Crippen molar-refractivity contribution < 1.29 is 18.3 Å². The summed E-state index contributed by atoms with van der Waals surface area (Å²) in [5.41, 5.74) is 3.09. The molecule has 0 bridgehead atoms. The summed E-state index contributed by atoms with van der Waals surface area (Å²) >= 11 is 0. The molecule has 4 heteroatoms. The number of rotatable bonds is 9. The van der Waals surface area contributed by atoms with Gasteiger partial charge in [-0.25, -0.2) is 0 Å². The SMILES string of the molecule is FC(F)OC/C=C/c1cccc(COC/C=C/c2ccccc2)c1. The summed E-state index contributed by atoms with van der Waals surface area (Å²) in [5.74, 6) is 0. The lowest BCUT2D eigenvalue weighted by molar-refractivity contribution is -0.119. The van der Waals surface area contributed by atoms with Gasteiger partial charge in [-0.1, -0.05) is 72.8 Å². The van der Waals surface area contributed by atoms with Crippen LogP contribution in [0.15, 0.2) is 66.7 Å². The highest BCUT2D eigenvalue weighted by atomic mass is 19.3. The molecule has 24 heavy (non-hydrogen) atoms. The van der Waals surface area contributed by atoms with Crippen molar-refractivity contribution in [1.82, 2.24) is 0 Å². The number of halogens is 2. The van der Waals surface area contributed by atoms with Crippen LogP contribution in [0.3, 0.4) is 0 Å². The Morgan fingerprint density at radius 1 is 0.833 bits per heavy atom. The predicted octanol–water partition coefficient (Wildman–Crippen LogP) is 5.17. The summed E-state index contributed by atoms with van der Waals surface area (Å²) < 4.78 is 33.5. The number of ether oxygens (including phenoxy) is 2. The summed E-state index contributed by atoms with van der Waals surface area (Å²) in [6, 6.07) is 17.8. The average molecular weight is 330 g/mol. The zero-order valence-electron chi connectivity index (χ0n) is 13.3. The highest BCUT2D eigenvalue weighted by Gasteiger charge is 1.98. The first-order valence-electron chi connectivity index (χ1n) is 7.68. The maximum atomic E-state index is 11.9. The summed E-state index contributed by atoms with van der Waals surface area (Å²) in [4.78, 5) is 0. The van der Waals surface area contributed by atoms with Crippen molar-refractivity contribution in [2.75, 3.05) is 13.2 Å². The second kappa shape index (κ2) is 10.5. The van der Waals surface area contributed by atoms with Gasteiger partial charge < -0.3 is 9.47 Å². The Morgan fingerprint density at radius 2 is 1.54 bits per heavy atom. The molecule has 0 aromatic heterocycles. The quantitative estimate of drug-likeness (QED) is 0.591. The zero-order chi connectivity index (χ0) is 17.0. The Morgan fingerprint density at radius 3 is 2.33 bits per heavy atom. The summed E-state index contributed by atoms with van der Waals surface area (Å²) in [7, 11) is 0. The van der Waals surface area contributed by atoms with Crippen LogP contribution in [0.25, 0.3) is 12.2 Å². The van der Waals surface area contributed by atoms with E-state index in [1.807, 2.05) is 66.7 Å². The van der Waals surface area contributed by atoms with Crippen LogP contribution in [0, 0.1) is 0 Å². The van der Waals surface area contributed by atoms with Crippen molar-refractivity contribution >= 4 is 12.2 Å². The van der Waals surface area contributed by atoms with Crippen LogP contribution in [0.4, 0.5) is 8.78 Å². The molecule has 0 N–H and O–H groups in total. The molecule has 0 spiro atoms. The fourth-order valence-electron chi connectivity index (χ4n) is 2.09. The van der Waals surface area contributed by atoms with E-state index in [1.165, 1.54) is 0 Å². The monoisotopic (exact) mass is 330 g/mol. The minimum Gasteiger partial charge on any atom is -0.373 e. The number of hydrogen-bond donors (Lipinski definition) is 0. The lowest BCUT2D eigenvalue weighted by Gasteiger charge is -2.03. The van der Waals surface area contributed by atoms with Crippen LogP contribution in [0.5, 0.6) is 0 Å². The van der Waals surface area contributed by atoms with Crippen LogP contribution >= 0.6 is 0 Å². The molecule has 2 nitrogen and oxygen atoms in total. The van der Waals surface area contributed by atoms with Crippen molar-refractivity contribution in [3.8, 4) is 0 Å². The molecular weight excluding hydrogens is 310 g/mol. The Bertz CT molecular complexity index is 652. The largest absolute Gasteiger partial charge is 0.373 e. The third-order valence-corrected chi connectivity index (χ3v) is 3.17. The molecule has 0 atom stereocenters. The van der Waals surface area contributed by atoms with Gasteiger partial charge in [0, 0.05) is 0 Å². The third kappa shape index (κ3) is 7.31. The second-order valence-corrected chi connectivity index (χ2v) is 5.07. The van der Waals surface area contributed by atoms with E-state index in [1.54, 1.807) is 12.2 Å². The lowest BCUT2D eigenvalue weighted by atomic mass is 10.1. The van der Waals surface area contributed by atoms with Crippen LogP contribution in [0.2, 0.25) is 0 Å². The Hall–Kier alpha value is -2.30. The molecule has 2 aromatic carbocycles. The molecule has 0 radical (unpaired) electrons. The molecule has 2 aromatic rings. The Labute approximate surface area is 141 Å². The maximum absolute atomic E-state index is 11.9. The standard InChI is InChI=1S/C20H20F2O2/c21-20(22)24-14-6-12-18-9-4-10-19(15-18)16-23-13-5-11-17-7-2-1-3-8-17/h1-12,15,20H,13-14,16H2/b11-5+,12-6+. The summed E-state index contributed by atoms with van der Waals surface area (Å²) in [6.45, 7) is -1.83. The highest BCUT2D eigenvalue weighted by molar-refractivity contribution is 5.50. The van der Waals surface area contributed by atoms with Gasteiger partial charge in [0.1, 0.15) is 0 Å². The van der Waals surface area contributed by atoms with Crippen molar-refractivity contribution in [3.63, 3.8) is 0 Å². The number of benzene rings is 2. The molecule has 2 rings (SSSR count). The third-order valence-electron chi connectivity index (χ3n) is 3.17. The van der Waals surface area contributed by atoms with Gasteiger partial charge in [0.2, 0.25) is 0 Å². The second-order valence-electron chi connectivity index (χ2n) is 5.07. The predicted molar refractivity (Wildman–Crippen MR) is 92.6 cm³/mol. The molecule has 0 heterocycles. The van der Waals surface area contributed by atoms with E-state index >= 15 is 0 Å². The fraction of sp³-hybridized carbons (Fsp3) is 0.200. The van der Waals surface area contributed by atoms with Gasteiger partial charge in [-0.05, 0) is 22.8 Å². The van der Waals surface area contributed by atoms with Gasteiger partial charge in [-0.2, -0.15) is 8.78 Å². The van der Waals surface area contributed by atoms with E-state index in [0.29, 0.717) is 13.2 Å². The molecule has 0 amide bonds. The first-order valence-corrected chi connectivity index (χ1v) is 7.68. The van der Waals surface area contributed by atoms with E-state index in [9.17, 15) is 8.78 Å². The van der Waals surface area contributed by atoms with E-state index in [-0.39, 0.29) is 6.61 Å². The van der Waals surface area contributed by atoms with Crippen LogP contribution in [0.1, 0.15) is 16.7 Å². The van der Waals surface area contributed by atoms with Crippen molar-refractivity contribution in [2.45, 2.75) is 13.2 Å². The van der Waals surface area contributed by atoms with E-state index < -0.39 is 6.61 Å². The molecular formula is C20H20F2O2. The summed E-state index contributed by atoms with van der Waals surface area (Å²) in [6.07, 6.45) is 7.30. The molecule has 0 aliphatic carbocycles. The number of hydrogen-bond acceptors (Lipinski definition) is 2. The van der Waals surface area contributed by atoms with Gasteiger partial charge in [0.25, 0.3) is 0 Å². The Balaban J connectivity index is 1.74.